The van der Waals surface area contributed by atoms with E-state index in [1.165, 1.54) is 22.8 Å². The fraction of sp³-hybridized carbons (Fsp3) is 0.429. The summed E-state index contributed by atoms with van der Waals surface area (Å²) >= 11 is 0. The highest BCUT2D eigenvalue weighted by Crippen LogP contribution is 2.28. The van der Waals surface area contributed by atoms with Crippen LogP contribution in [0.1, 0.15) is 19.8 Å². The number of sulfonamides is 1. The molecule has 2 heterocycles. The Labute approximate surface area is 132 Å². The van der Waals surface area contributed by atoms with Gasteiger partial charge in [0.1, 0.15) is 6.04 Å². The van der Waals surface area contributed by atoms with E-state index in [9.17, 15) is 18.0 Å². The molecule has 1 aliphatic rings. The van der Waals surface area contributed by atoms with E-state index in [1.807, 2.05) is 0 Å². The molecule has 2 aromatic rings. The smallest absolute Gasteiger partial charge is 0.419 e. The van der Waals surface area contributed by atoms with Gasteiger partial charge in [0.25, 0.3) is 0 Å². The third kappa shape index (κ3) is 2.45. The fourth-order valence-corrected chi connectivity index (χ4v) is 4.58. The van der Waals surface area contributed by atoms with Crippen molar-refractivity contribution in [3.8, 4) is 0 Å². The predicted molar refractivity (Wildman–Crippen MR) is 80.7 cm³/mol. The lowest BCUT2D eigenvalue weighted by molar-refractivity contribution is -0.140. The number of benzene rings is 1. The van der Waals surface area contributed by atoms with E-state index in [1.54, 1.807) is 6.92 Å². The van der Waals surface area contributed by atoms with Crippen molar-refractivity contribution in [1.29, 1.82) is 0 Å². The van der Waals surface area contributed by atoms with Crippen LogP contribution in [0.5, 0.6) is 0 Å². The molecule has 23 heavy (non-hydrogen) atoms. The van der Waals surface area contributed by atoms with Crippen LogP contribution in [-0.2, 0) is 21.4 Å². The molecule has 1 N–H and O–H groups in total. The molecule has 3 rings (SSSR count). The second kappa shape index (κ2) is 5.50. The van der Waals surface area contributed by atoms with Crippen molar-refractivity contribution in [3.05, 3.63) is 28.7 Å². The van der Waals surface area contributed by atoms with E-state index in [0.29, 0.717) is 18.5 Å². The Hall–Kier alpha value is -2.13. The van der Waals surface area contributed by atoms with Crippen molar-refractivity contribution in [2.75, 3.05) is 6.54 Å². The normalized spacial score (nSPS) is 19.4. The third-order valence-corrected chi connectivity index (χ3v) is 5.96. The Morgan fingerprint density at radius 2 is 2.17 bits per heavy atom. The minimum Gasteiger partial charge on any atom is -0.480 e. The first-order valence-corrected chi connectivity index (χ1v) is 8.68. The number of aliphatic carboxylic acids is 1. The molecular weight excluding hydrogens is 324 g/mol. The predicted octanol–water partition coefficient (Wildman–Crippen LogP) is 0.852. The monoisotopic (exact) mass is 340 g/mol. The van der Waals surface area contributed by atoms with Crippen LogP contribution in [0.25, 0.3) is 11.1 Å². The molecule has 1 atom stereocenters. The first-order chi connectivity index (χ1) is 10.9. The summed E-state index contributed by atoms with van der Waals surface area (Å²) in [6.45, 7) is 2.35. The first-order valence-electron chi connectivity index (χ1n) is 7.24. The van der Waals surface area contributed by atoms with Gasteiger partial charge < -0.3 is 9.52 Å². The summed E-state index contributed by atoms with van der Waals surface area (Å²) < 4.78 is 32.8. The van der Waals surface area contributed by atoms with E-state index in [-0.39, 0.29) is 23.4 Å². The lowest BCUT2D eigenvalue weighted by atomic mass is 10.2. The van der Waals surface area contributed by atoms with E-state index >= 15 is 0 Å². The number of carboxylic acids is 1. The Morgan fingerprint density at radius 1 is 1.43 bits per heavy atom. The quantitative estimate of drug-likeness (QED) is 0.883. The maximum Gasteiger partial charge on any atom is 0.419 e. The van der Waals surface area contributed by atoms with Gasteiger partial charge in [-0.3, -0.25) is 9.36 Å². The number of oxazole rings is 1. The molecule has 0 spiro atoms. The van der Waals surface area contributed by atoms with Crippen molar-refractivity contribution < 1.29 is 22.7 Å². The van der Waals surface area contributed by atoms with Gasteiger partial charge in [0.2, 0.25) is 10.0 Å². The van der Waals surface area contributed by atoms with Crippen molar-refractivity contribution >= 4 is 27.1 Å². The summed E-state index contributed by atoms with van der Waals surface area (Å²) in [5, 5.41) is 9.17. The van der Waals surface area contributed by atoms with Gasteiger partial charge in [-0.25, -0.2) is 13.2 Å². The average molecular weight is 340 g/mol. The van der Waals surface area contributed by atoms with Crippen LogP contribution >= 0.6 is 0 Å². The summed E-state index contributed by atoms with van der Waals surface area (Å²) in [6, 6.07) is 3.09. The Bertz CT molecular complexity index is 926. The number of rotatable bonds is 4. The molecule has 8 nitrogen and oxygen atoms in total. The maximum absolute atomic E-state index is 12.7. The molecule has 0 amide bonds. The molecule has 1 saturated heterocycles. The van der Waals surface area contributed by atoms with Gasteiger partial charge in [-0.15, -0.1) is 0 Å². The highest BCUT2D eigenvalue weighted by Gasteiger charge is 2.39. The summed E-state index contributed by atoms with van der Waals surface area (Å²) in [5.41, 5.74) is 0.677. The number of fused-ring (bicyclic) bond motifs is 1. The molecular formula is C14H16N2O6S. The minimum absolute atomic E-state index is 0.0739. The third-order valence-electron chi connectivity index (χ3n) is 4.05. The van der Waals surface area contributed by atoms with Gasteiger partial charge in [0.15, 0.2) is 5.58 Å². The lowest BCUT2D eigenvalue weighted by Crippen LogP contribution is -2.40. The number of hydrogen-bond acceptors (Lipinski definition) is 5. The summed E-state index contributed by atoms with van der Waals surface area (Å²) in [4.78, 5) is 22.8. The molecule has 0 radical (unpaired) electrons. The molecule has 9 heteroatoms. The maximum atomic E-state index is 12.7. The van der Waals surface area contributed by atoms with Crippen molar-refractivity contribution in [1.82, 2.24) is 8.87 Å². The molecule has 1 aromatic carbocycles. The Morgan fingerprint density at radius 3 is 2.83 bits per heavy atom. The lowest BCUT2D eigenvalue weighted by Gasteiger charge is -2.20. The highest BCUT2D eigenvalue weighted by molar-refractivity contribution is 7.89. The highest BCUT2D eigenvalue weighted by atomic mass is 32.2. The summed E-state index contributed by atoms with van der Waals surface area (Å²) in [7, 11) is -3.95. The van der Waals surface area contributed by atoms with Crippen LogP contribution < -0.4 is 5.76 Å². The Balaban J connectivity index is 2.08. The number of aromatic nitrogens is 1. The Kier molecular flexibility index (Phi) is 3.77. The number of hydrogen-bond donors (Lipinski definition) is 1. The number of nitrogens with zero attached hydrogens (tertiary/aromatic N) is 2. The summed E-state index contributed by atoms with van der Waals surface area (Å²) in [6.07, 6.45) is 0.790. The molecule has 124 valence electrons. The number of aryl methyl sites for hydroxylation is 1. The largest absolute Gasteiger partial charge is 0.480 e. The molecule has 1 aliphatic heterocycles. The second-order valence-electron chi connectivity index (χ2n) is 5.35. The van der Waals surface area contributed by atoms with Gasteiger partial charge in [0, 0.05) is 19.2 Å². The van der Waals surface area contributed by atoms with E-state index in [0.717, 1.165) is 4.31 Å². The zero-order valence-corrected chi connectivity index (χ0v) is 13.2. The molecule has 1 fully saturated rings. The van der Waals surface area contributed by atoms with Crippen LogP contribution in [0.15, 0.2) is 32.3 Å². The average Bonchev–Trinajstić information content (AvgIpc) is 3.10. The standard InChI is InChI=1S/C14H16N2O6S/c1-2-15-10-6-5-9(8-12(10)22-14(15)19)23(20,21)16-7-3-4-11(16)13(17)18/h5-6,8,11H,2-4,7H2,1H3,(H,17,18). The fourth-order valence-electron chi connectivity index (χ4n) is 2.92. The zero-order valence-electron chi connectivity index (χ0n) is 12.4. The van der Waals surface area contributed by atoms with Gasteiger partial charge >= 0.3 is 11.7 Å². The van der Waals surface area contributed by atoms with E-state index < -0.39 is 27.8 Å². The summed E-state index contributed by atoms with van der Waals surface area (Å²) in [5.74, 6) is -1.71. The first kappa shape index (κ1) is 15.8. The van der Waals surface area contributed by atoms with Crippen molar-refractivity contribution in [2.45, 2.75) is 37.2 Å². The van der Waals surface area contributed by atoms with Crippen LogP contribution in [0.3, 0.4) is 0 Å². The van der Waals surface area contributed by atoms with Gasteiger partial charge in [-0.05, 0) is 31.9 Å². The van der Waals surface area contributed by atoms with Crippen LogP contribution in [0.4, 0.5) is 0 Å². The SMILES string of the molecule is CCn1c(=O)oc2cc(S(=O)(=O)N3CCCC3C(=O)O)ccc21. The minimum atomic E-state index is -3.95. The zero-order chi connectivity index (χ0) is 16.8. The second-order valence-corrected chi connectivity index (χ2v) is 7.24. The van der Waals surface area contributed by atoms with Gasteiger partial charge in [-0.2, -0.15) is 4.31 Å². The number of carbonyl (C=O) groups is 1. The molecule has 1 unspecified atom stereocenters. The van der Waals surface area contributed by atoms with Crippen LogP contribution in [-0.4, -0.2) is 41.0 Å². The van der Waals surface area contributed by atoms with E-state index in [4.69, 9.17) is 9.52 Å². The van der Waals surface area contributed by atoms with Gasteiger partial charge in [-0.1, -0.05) is 0 Å². The molecule has 0 saturated carbocycles. The molecule has 0 bridgehead atoms. The van der Waals surface area contributed by atoms with Gasteiger partial charge in [0.05, 0.1) is 10.4 Å². The van der Waals surface area contributed by atoms with E-state index in [2.05, 4.69) is 0 Å². The van der Waals surface area contributed by atoms with Crippen LogP contribution in [0.2, 0.25) is 0 Å². The molecule has 1 aromatic heterocycles. The van der Waals surface area contributed by atoms with Crippen molar-refractivity contribution in [2.24, 2.45) is 0 Å². The van der Waals surface area contributed by atoms with Crippen LogP contribution in [0, 0.1) is 0 Å². The van der Waals surface area contributed by atoms with Crippen molar-refractivity contribution in [3.63, 3.8) is 0 Å². The topological polar surface area (TPSA) is 110 Å². The molecule has 0 aliphatic carbocycles. The number of carboxylic acid groups (broad SMARTS) is 1.